The first-order chi connectivity index (χ1) is 17.4. The summed E-state index contributed by atoms with van der Waals surface area (Å²) in [4.78, 5) is 5.76. The van der Waals surface area contributed by atoms with Crippen LogP contribution in [-0.4, -0.2) is 87.9 Å². The number of nitrogens with zero attached hydrogens (tertiary/aromatic N) is 4. The number of aliphatic hydroxyl groups excluding tert-OH is 2. The Labute approximate surface area is 204 Å². The van der Waals surface area contributed by atoms with Gasteiger partial charge in [0, 0.05) is 38.4 Å². The first-order valence-corrected chi connectivity index (χ1v) is 11.7. The molecule has 0 radical (unpaired) electrons. The van der Waals surface area contributed by atoms with Crippen LogP contribution >= 0.6 is 0 Å². The summed E-state index contributed by atoms with van der Waals surface area (Å²) in [5.74, 6) is -4.34. The van der Waals surface area contributed by atoms with Gasteiger partial charge in [0.25, 0.3) is 0 Å². The molecule has 0 aliphatic carbocycles. The first-order valence-electron chi connectivity index (χ1n) is 11.7. The van der Waals surface area contributed by atoms with Crippen LogP contribution in [0.3, 0.4) is 0 Å². The molecule has 2 fully saturated rings. The van der Waals surface area contributed by atoms with Gasteiger partial charge in [-0.3, -0.25) is 0 Å². The number of methoxy groups -OCH3 is 1. The van der Waals surface area contributed by atoms with E-state index in [4.69, 9.17) is 19.0 Å². The molecule has 1 aromatic heterocycles. The fraction of sp³-hybridized carbons (Fsp3) is 0.609. The molecule has 0 amide bonds. The summed E-state index contributed by atoms with van der Waals surface area (Å²) >= 11 is 0. The predicted octanol–water partition coefficient (Wildman–Crippen LogP) is 1.75. The van der Waals surface area contributed by atoms with Gasteiger partial charge in [-0.05, 0) is 12.1 Å². The molecule has 1 aromatic carbocycles. The molecule has 4 heterocycles. The van der Waals surface area contributed by atoms with Gasteiger partial charge in [-0.2, -0.15) is 0 Å². The highest BCUT2D eigenvalue weighted by molar-refractivity contribution is 5.86. The van der Waals surface area contributed by atoms with Gasteiger partial charge in [0.2, 0.25) is 0 Å². The second kappa shape index (κ2) is 10.1. The van der Waals surface area contributed by atoms with Crippen molar-refractivity contribution in [2.75, 3.05) is 26.9 Å². The molecule has 5 rings (SSSR count). The zero-order chi connectivity index (χ0) is 25.4. The van der Waals surface area contributed by atoms with E-state index < -0.39 is 60.1 Å². The van der Waals surface area contributed by atoms with Gasteiger partial charge in [0.1, 0.15) is 35.6 Å². The molecule has 0 saturated carbocycles. The topological polar surface area (TPSA) is 120 Å². The van der Waals surface area contributed by atoms with E-state index in [0.717, 1.165) is 30.7 Å². The van der Waals surface area contributed by atoms with Crippen molar-refractivity contribution in [2.45, 2.75) is 61.7 Å². The van der Waals surface area contributed by atoms with Crippen LogP contribution in [0.15, 0.2) is 23.5 Å². The van der Waals surface area contributed by atoms with Crippen molar-refractivity contribution < 1.29 is 42.4 Å². The van der Waals surface area contributed by atoms with Crippen LogP contribution < -0.4 is 0 Å². The van der Waals surface area contributed by atoms with Gasteiger partial charge >= 0.3 is 0 Å². The van der Waals surface area contributed by atoms with Crippen LogP contribution in [0.1, 0.15) is 31.7 Å². The maximum Gasteiger partial charge on any atom is 0.195 e. The highest BCUT2D eigenvalue weighted by atomic mass is 19.2. The minimum absolute atomic E-state index is 0.0629. The van der Waals surface area contributed by atoms with E-state index in [-0.39, 0.29) is 11.3 Å². The molecular weight excluding hydrogens is 485 g/mol. The molecule has 3 aliphatic rings. The van der Waals surface area contributed by atoms with Crippen molar-refractivity contribution in [3.63, 3.8) is 0 Å². The highest BCUT2D eigenvalue weighted by Crippen LogP contribution is 2.38. The fourth-order valence-electron chi connectivity index (χ4n) is 5.15. The van der Waals surface area contributed by atoms with Gasteiger partial charge in [0.05, 0.1) is 37.8 Å². The summed E-state index contributed by atoms with van der Waals surface area (Å²) in [6, 6.07) is 0.960. The Morgan fingerprint density at radius 3 is 2.67 bits per heavy atom. The predicted molar refractivity (Wildman–Crippen MR) is 117 cm³/mol. The number of benzene rings is 1. The lowest BCUT2D eigenvalue weighted by Crippen LogP contribution is -2.57. The number of oxime groups is 1. The molecule has 1 spiro atoms. The number of hydrogen-bond donors (Lipinski definition) is 2. The lowest BCUT2D eigenvalue weighted by atomic mass is 9.85. The third-order valence-corrected chi connectivity index (χ3v) is 7.10. The third kappa shape index (κ3) is 4.50. The summed E-state index contributed by atoms with van der Waals surface area (Å²) in [6.07, 6.45) is 0.0474. The molecule has 2 saturated heterocycles. The molecule has 2 N–H and O–H groups in total. The Hall–Kier alpha value is -2.58. The summed E-state index contributed by atoms with van der Waals surface area (Å²) < 4.78 is 59.8. The van der Waals surface area contributed by atoms with E-state index in [1.807, 2.05) is 0 Å². The minimum Gasteiger partial charge on any atom is -0.394 e. The molecule has 10 nitrogen and oxygen atoms in total. The maximum absolute atomic E-state index is 14.3. The van der Waals surface area contributed by atoms with Gasteiger partial charge in [-0.1, -0.05) is 10.4 Å². The van der Waals surface area contributed by atoms with Gasteiger partial charge in [0.15, 0.2) is 17.5 Å². The van der Waals surface area contributed by atoms with Crippen LogP contribution in [0.2, 0.25) is 0 Å². The molecule has 13 heteroatoms. The molecule has 2 aromatic rings. The number of halogens is 3. The molecule has 0 unspecified atom stereocenters. The van der Waals surface area contributed by atoms with Crippen molar-refractivity contribution in [3.05, 3.63) is 35.8 Å². The largest absolute Gasteiger partial charge is 0.394 e. The molecule has 0 bridgehead atoms. The van der Waals surface area contributed by atoms with E-state index in [1.54, 1.807) is 0 Å². The Kier molecular flexibility index (Phi) is 7.01. The number of ether oxygens (including phenoxy) is 3. The van der Waals surface area contributed by atoms with Crippen molar-refractivity contribution in [3.8, 4) is 11.3 Å². The Balaban J connectivity index is 1.40. The molecule has 36 heavy (non-hydrogen) atoms. The molecular formula is C23H27F3N4O6. The van der Waals surface area contributed by atoms with Crippen LogP contribution in [0.5, 0.6) is 0 Å². The minimum atomic E-state index is -1.62. The van der Waals surface area contributed by atoms with E-state index >= 15 is 0 Å². The highest BCUT2D eigenvalue weighted by Gasteiger charge is 2.49. The number of rotatable bonds is 6. The Bertz CT molecular complexity index is 1130. The van der Waals surface area contributed by atoms with Crippen LogP contribution in [0.4, 0.5) is 13.2 Å². The standard InChI is InChI=1S/C23H27F3N4O6/c1-33-22-16(8-12-9-23(36-28-12)4-6-34-7-5-23)35-17(11-31)21(32)20(22)30-10-15(27-29-30)13-2-3-14(24)19(26)18(13)25/h2-3,10,16-17,20-22,31-32H,4-9,11H2,1H3/t16-,17-,20+,21+,22+/m1/s1. The SMILES string of the molecule is CO[C@@H]1[C@@H](n2cc(-c3ccc(F)c(F)c3F)nn2)[C@@H](O)[C@@H](CO)O[C@@H]1CC1=NOC2(CCOCC2)C1. The van der Waals surface area contributed by atoms with E-state index in [9.17, 15) is 23.4 Å². The fourth-order valence-corrected chi connectivity index (χ4v) is 5.15. The lowest BCUT2D eigenvalue weighted by Gasteiger charge is -2.43. The quantitative estimate of drug-likeness (QED) is 0.562. The Morgan fingerprint density at radius 2 is 1.94 bits per heavy atom. The maximum atomic E-state index is 14.3. The average molecular weight is 512 g/mol. The van der Waals surface area contributed by atoms with E-state index in [2.05, 4.69) is 15.5 Å². The summed E-state index contributed by atoms with van der Waals surface area (Å²) in [5.41, 5.74) is 0.0197. The molecule has 196 valence electrons. The van der Waals surface area contributed by atoms with Gasteiger partial charge in [-0.15, -0.1) is 5.10 Å². The zero-order valence-corrected chi connectivity index (χ0v) is 19.5. The summed E-state index contributed by atoms with van der Waals surface area (Å²) in [5, 5.41) is 33.0. The van der Waals surface area contributed by atoms with E-state index in [1.165, 1.54) is 18.0 Å². The van der Waals surface area contributed by atoms with Crippen LogP contribution in [0.25, 0.3) is 11.3 Å². The van der Waals surface area contributed by atoms with Crippen molar-refractivity contribution >= 4 is 5.71 Å². The first kappa shape index (κ1) is 25.1. The molecule has 3 aliphatic heterocycles. The summed E-state index contributed by atoms with van der Waals surface area (Å²) in [7, 11) is 1.44. The normalized spacial score (nSPS) is 29.8. The average Bonchev–Trinajstić information content (AvgIpc) is 3.51. The van der Waals surface area contributed by atoms with Crippen LogP contribution in [-0.2, 0) is 19.0 Å². The second-order valence-electron chi connectivity index (χ2n) is 9.31. The van der Waals surface area contributed by atoms with Crippen LogP contribution in [0, 0.1) is 17.5 Å². The van der Waals surface area contributed by atoms with Crippen molar-refractivity contribution in [1.82, 2.24) is 15.0 Å². The van der Waals surface area contributed by atoms with Crippen molar-refractivity contribution in [2.24, 2.45) is 5.16 Å². The second-order valence-corrected chi connectivity index (χ2v) is 9.31. The zero-order valence-electron chi connectivity index (χ0n) is 19.5. The number of aliphatic hydroxyl groups is 2. The molecule has 5 atom stereocenters. The third-order valence-electron chi connectivity index (χ3n) is 7.10. The van der Waals surface area contributed by atoms with Crippen molar-refractivity contribution in [1.29, 1.82) is 0 Å². The monoisotopic (exact) mass is 512 g/mol. The lowest BCUT2D eigenvalue weighted by molar-refractivity contribution is -0.210. The Morgan fingerprint density at radius 1 is 1.17 bits per heavy atom. The smallest absolute Gasteiger partial charge is 0.195 e. The number of aromatic nitrogens is 3. The summed E-state index contributed by atoms with van der Waals surface area (Å²) in [6.45, 7) is 0.711. The van der Waals surface area contributed by atoms with E-state index in [0.29, 0.717) is 26.1 Å². The van der Waals surface area contributed by atoms with Gasteiger partial charge < -0.3 is 29.3 Å². The van der Waals surface area contributed by atoms with Gasteiger partial charge in [-0.25, -0.2) is 17.9 Å². The number of hydrogen-bond acceptors (Lipinski definition) is 9.